The van der Waals surface area contributed by atoms with Gasteiger partial charge in [-0.15, -0.1) is 11.3 Å². The molecule has 2 aromatic rings. The first-order valence-corrected chi connectivity index (χ1v) is 10.7. The van der Waals surface area contributed by atoms with Gasteiger partial charge in [-0.3, -0.25) is 14.2 Å². The van der Waals surface area contributed by atoms with E-state index in [1.165, 1.54) is 28.6 Å². The second kappa shape index (κ2) is 8.10. The van der Waals surface area contributed by atoms with Crippen LogP contribution in [0.4, 0.5) is 0 Å². The summed E-state index contributed by atoms with van der Waals surface area (Å²) in [6.45, 7) is 3.24. The van der Waals surface area contributed by atoms with E-state index in [1.54, 1.807) is 22.8 Å². The predicted molar refractivity (Wildman–Crippen MR) is 108 cm³/mol. The number of thioether (sulfide) groups is 1. The molecule has 6 nitrogen and oxygen atoms in total. The number of fused-ring (bicyclic) bond motifs is 3. The Morgan fingerprint density at radius 3 is 2.81 bits per heavy atom. The van der Waals surface area contributed by atoms with E-state index >= 15 is 0 Å². The highest BCUT2D eigenvalue weighted by Crippen LogP contribution is 2.35. The molecule has 0 fully saturated rings. The minimum Gasteiger partial charge on any atom is -0.369 e. The molecule has 1 amide bonds. The standard InChI is InChI=1S/C18H26N4O2S2/c1-11(15(19)23)25-18-20-16-14(12-7-4-5-8-13(12)26-16)17(24)22(18)10-6-9-21(2)3/h11H,4-10H2,1-3H3,(H2,19,23)/t11-/m0/s1. The SMILES string of the molecule is C[C@H](Sc1nc2sc3c(c2c(=O)n1CCCN(C)C)CCCC3)C(N)=O. The molecule has 1 aliphatic rings. The van der Waals surface area contributed by atoms with E-state index in [1.807, 2.05) is 14.1 Å². The smallest absolute Gasteiger partial charge is 0.263 e. The van der Waals surface area contributed by atoms with Crippen molar-refractivity contribution in [3.8, 4) is 0 Å². The topological polar surface area (TPSA) is 81.2 Å². The minimum absolute atomic E-state index is 0.0346. The molecule has 26 heavy (non-hydrogen) atoms. The van der Waals surface area contributed by atoms with Crippen molar-refractivity contribution in [2.45, 2.75) is 56.0 Å². The van der Waals surface area contributed by atoms with Gasteiger partial charge in [0.1, 0.15) is 4.83 Å². The van der Waals surface area contributed by atoms with E-state index in [4.69, 9.17) is 10.7 Å². The average molecular weight is 395 g/mol. The third-order valence-corrected chi connectivity index (χ3v) is 7.00. The summed E-state index contributed by atoms with van der Waals surface area (Å²) >= 11 is 2.92. The molecule has 0 aliphatic heterocycles. The van der Waals surface area contributed by atoms with Crippen LogP contribution < -0.4 is 11.3 Å². The largest absolute Gasteiger partial charge is 0.369 e. The fraction of sp³-hybridized carbons (Fsp3) is 0.611. The van der Waals surface area contributed by atoms with Crippen LogP contribution in [-0.2, 0) is 24.2 Å². The third kappa shape index (κ3) is 3.97. The summed E-state index contributed by atoms with van der Waals surface area (Å²) in [6.07, 6.45) is 5.17. The summed E-state index contributed by atoms with van der Waals surface area (Å²) in [7, 11) is 4.04. The monoisotopic (exact) mass is 394 g/mol. The molecule has 0 spiro atoms. The average Bonchev–Trinajstić information content (AvgIpc) is 2.95. The number of carbonyl (C=O) groups is 1. The number of hydrogen-bond donors (Lipinski definition) is 1. The van der Waals surface area contributed by atoms with Gasteiger partial charge in [-0.2, -0.15) is 0 Å². The number of carbonyl (C=O) groups excluding carboxylic acids is 1. The van der Waals surface area contributed by atoms with Crippen LogP contribution in [0.2, 0.25) is 0 Å². The summed E-state index contributed by atoms with van der Waals surface area (Å²) in [6, 6.07) is 0. The van der Waals surface area contributed by atoms with E-state index in [0.717, 1.165) is 42.4 Å². The molecule has 0 radical (unpaired) electrons. The lowest BCUT2D eigenvalue weighted by Gasteiger charge is -2.16. The van der Waals surface area contributed by atoms with Crippen molar-refractivity contribution in [1.82, 2.24) is 14.5 Å². The predicted octanol–water partition coefficient (Wildman–Crippen LogP) is 2.25. The normalized spacial score (nSPS) is 15.4. The minimum atomic E-state index is -0.422. The van der Waals surface area contributed by atoms with Crippen LogP contribution in [0.3, 0.4) is 0 Å². The lowest BCUT2D eigenvalue weighted by atomic mass is 9.97. The van der Waals surface area contributed by atoms with Crippen LogP contribution in [0.5, 0.6) is 0 Å². The zero-order valence-electron chi connectivity index (χ0n) is 15.6. The van der Waals surface area contributed by atoms with Gasteiger partial charge in [0.15, 0.2) is 5.16 Å². The van der Waals surface area contributed by atoms with Crippen LogP contribution in [0.1, 0.15) is 36.6 Å². The van der Waals surface area contributed by atoms with Crippen molar-refractivity contribution in [2.75, 3.05) is 20.6 Å². The molecule has 0 aromatic carbocycles. The molecule has 2 heterocycles. The van der Waals surface area contributed by atoms with Gasteiger partial charge < -0.3 is 10.6 Å². The van der Waals surface area contributed by atoms with E-state index in [0.29, 0.717) is 11.7 Å². The number of rotatable bonds is 7. The van der Waals surface area contributed by atoms with Gasteiger partial charge in [-0.05, 0) is 65.2 Å². The van der Waals surface area contributed by atoms with Crippen LogP contribution >= 0.6 is 23.1 Å². The Labute approximate surface area is 161 Å². The van der Waals surface area contributed by atoms with Crippen molar-refractivity contribution in [3.05, 3.63) is 20.8 Å². The number of hydrogen-bond acceptors (Lipinski definition) is 6. The van der Waals surface area contributed by atoms with Gasteiger partial charge in [-0.25, -0.2) is 4.98 Å². The molecule has 3 rings (SSSR count). The summed E-state index contributed by atoms with van der Waals surface area (Å²) in [4.78, 5) is 33.8. The molecule has 1 aliphatic carbocycles. The Bertz CT molecular complexity index is 872. The molecule has 142 valence electrons. The molecule has 0 saturated carbocycles. The highest BCUT2D eigenvalue weighted by molar-refractivity contribution is 8.00. The number of primary amides is 1. The van der Waals surface area contributed by atoms with E-state index in [9.17, 15) is 9.59 Å². The quantitative estimate of drug-likeness (QED) is 0.575. The maximum absolute atomic E-state index is 13.3. The number of aromatic nitrogens is 2. The molecule has 0 unspecified atom stereocenters. The number of amides is 1. The first kappa shape index (κ1) is 19.4. The Morgan fingerprint density at radius 2 is 2.12 bits per heavy atom. The van der Waals surface area contributed by atoms with Crippen molar-refractivity contribution >= 4 is 39.2 Å². The summed E-state index contributed by atoms with van der Waals surface area (Å²) < 4.78 is 1.75. The van der Waals surface area contributed by atoms with Crippen LogP contribution in [0, 0.1) is 0 Å². The van der Waals surface area contributed by atoms with Crippen LogP contribution in [0.15, 0.2) is 9.95 Å². The lowest BCUT2D eigenvalue weighted by molar-refractivity contribution is -0.117. The second-order valence-corrected chi connectivity index (χ2v) is 9.45. The fourth-order valence-corrected chi connectivity index (χ4v) is 5.46. The number of nitrogens with two attached hydrogens (primary N) is 1. The van der Waals surface area contributed by atoms with Gasteiger partial charge in [0.2, 0.25) is 5.91 Å². The highest BCUT2D eigenvalue weighted by atomic mass is 32.2. The number of aryl methyl sites for hydroxylation is 2. The number of thiophene rings is 1. The summed E-state index contributed by atoms with van der Waals surface area (Å²) in [5.74, 6) is -0.394. The van der Waals surface area contributed by atoms with Crippen LogP contribution in [-0.4, -0.2) is 46.2 Å². The first-order chi connectivity index (χ1) is 12.4. The Morgan fingerprint density at radius 1 is 1.38 bits per heavy atom. The molecule has 0 saturated heterocycles. The van der Waals surface area contributed by atoms with Gasteiger partial charge in [0.25, 0.3) is 5.56 Å². The maximum Gasteiger partial charge on any atom is 0.263 e. The van der Waals surface area contributed by atoms with Crippen molar-refractivity contribution in [1.29, 1.82) is 0 Å². The van der Waals surface area contributed by atoms with Crippen LogP contribution in [0.25, 0.3) is 10.2 Å². The van der Waals surface area contributed by atoms with Gasteiger partial charge in [-0.1, -0.05) is 11.8 Å². The van der Waals surface area contributed by atoms with Gasteiger partial charge >= 0.3 is 0 Å². The fourth-order valence-electron chi connectivity index (χ4n) is 3.27. The lowest BCUT2D eigenvalue weighted by Crippen LogP contribution is -2.28. The molecular formula is C18H26N4O2S2. The second-order valence-electron chi connectivity index (χ2n) is 7.06. The van der Waals surface area contributed by atoms with Crippen molar-refractivity contribution in [2.24, 2.45) is 5.73 Å². The zero-order valence-corrected chi connectivity index (χ0v) is 17.2. The van der Waals surface area contributed by atoms with Gasteiger partial charge in [0, 0.05) is 11.4 Å². The molecule has 0 bridgehead atoms. The van der Waals surface area contributed by atoms with E-state index in [2.05, 4.69) is 4.90 Å². The van der Waals surface area contributed by atoms with E-state index < -0.39 is 11.2 Å². The van der Waals surface area contributed by atoms with Crippen molar-refractivity contribution < 1.29 is 4.79 Å². The summed E-state index contributed by atoms with van der Waals surface area (Å²) in [5, 5.41) is 0.978. The Balaban J connectivity index is 2.07. The molecule has 2 aromatic heterocycles. The third-order valence-electron chi connectivity index (χ3n) is 4.71. The maximum atomic E-state index is 13.3. The van der Waals surface area contributed by atoms with Gasteiger partial charge in [0.05, 0.1) is 10.6 Å². The Hall–Kier alpha value is -1.38. The number of nitrogens with zero attached hydrogens (tertiary/aromatic N) is 3. The zero-order chi connectivity index (χ0) is 18.8. The summed E-state index contributed by atoms with van der Waals surface area (Å²) in [5.41, 5.74) is 6.66. The van der Waals surface area contributed by atoms with Crippen molar-refractivity contribution in [3.63, 3.8) is 0 Å². The molecule has 2 N–H and O–H groups in total. The molecular weight excluding hydrogens is 368 g/mol. The van der Waals surface area contributed by atoms with E-state index in [-0.39, 0.29) is 5.56 Å². The first-order valence-electron chi connectivity index (χ1n) is 9.04. The molecule has 1 atom stereocenters. The molecule has 8 heteroatoms. The highest BCUT2D eigenvalue weighted by Gasteiger charge is 2.23. The Kier molecular flexibility index (Phi) is 6.04.